The van der Waals surface area contributed by atoms with Crippen LogP contribution in [0, 0.1) is 0 Å². The van der Waals surface area contributed by atoms with Gasteiger partial charge in [0.1, 0.15) is 6.54 Å². The Morgan fingerprint density at radius 1 is 1.00 bits per heavy atom. The van der Waals surface area contributed by atoms with Crippen molar-refractivity contribution in [3.8, 4) is 0 Å². The molecule has 0 bridgehead atoms. The molecule has 0 spiro atoms. The van der Waals surface area contributed by atoms with Crippen molar-refractivity contribution >= 4 is 38.9 Å². The molecule has 0 aromatic heterocycles. The molecular weight excluding hydrogens is 416 g/mol. The third-order valence-electron chi connectivity index (χ3n) is 4.51. The first-order valence-corrected chi connectivity index (χ1v) is 11.6. The molecule has 0 atom stereocenters. The zero-order valence-corrected chi connectivity index (χ0v) is 19.2. The Hall–Kier alpha value is -3.20. The third-order valence-corrected chi connectivity index (χ3v) is 5.65. The highest BCUT2D eigenvalue weighted by molar-refractivity contribution is 7.92. The molecule has 0 radical (unpaired) electrons. The third kappa shape index (κ3) is 7.21. The summed E-state index contributed by atoms with van der Waals surface area (Å²) >= 11 is 0. The number of hydrogen-bond acceptors (Lipinski definition) is 5. The van der Waals surface area contributed by atoms with Gasteiger partial charge in [0.15, 0.2) is 0 Å². The highest BCUT2D eigenvalue weighted by atomic mass is 32.2. The zero-order valence-electron chi connectivity index (χ0n) is 18.3. The van der Waals surface area contributed by atoms with Crippen LogP contribution < -0.4 is 15.0 Å². The van der Waals surface area contributed by atoms with Gasteiger partial charge in [-0.25, -0.2) is 13.8 Å². The Morgan fingerprint density at radius 2 is 1.58 bits per heavy atom. The second-order valence-corrected chi connectivity index (χ2v) is 9.41. The maximum absolute atomic E-state index is 12.4. The van der Waals surface area contributed by atoms with Crippen LogP contribution in [-0.4, -0.2) is 38.7 Å². The van der Waals surface area contributed by atoms with Crippen molar-refractivity contribution in [2.45, 2.75) is 33.6 Å². The first kappa shape index (κ1) is 24.1. The number of hydrogen-bond donors (Lipinski definition) is 2. The molecular formula is C22H28N4O4S. The highest BCUT2D eigenvalue weighted by Gasteiger charge is 2.21. The van der Waals surface area contributed by atoms with Crippen LogP contribution in [0.2, 0.25) is 0 Å². The molecule has 0 aliphatic carbocycles. The first-order valence-electron chi connectivity index (χ1n) is 9.76. The van der Waals surface area contributed by atoms with Crippen molar-refractivity contribution in [1.29, 1.82) is 0 Å². The summed E-state index contributed by atoms with van der Waals surface area (Å²) < 4.78 is 25.5. The largest absolute Gasteiger partial charge is 0.326 e. The van der Waals surface area contributed by atoms with Gasteiger partial charge >= 0.3 is 0 Å². The molecule has 0 saturated heterocycles. The molecule has 9 heteroatoms. The van der Waals surface area contributed by atoms with Gasteiger partial charge in [-0.1, -0.05) is 38.1 Å². The van der Waals surface area contributed by atoms with E-state index >= 15 is 0 Å². The average Bonchev–Trinajstić information content (AvgIpc) is 2.69. The number of carbonyl (C=O) groups excluding carboxylic acids is 2. The van der Waals surface area contributed by atoms with E-state index in [1.165, 1.54) is 6.92 Å². The molecule has 2 amide bonds. The van der Waals surface area contributed by atoms with E-state index in [2.05, 4.69) is 15.8 Å². The summed E-state index contributed by atoms with van der Waals surface area (Å²) in [6.45, 7) is 6.84. The van der Waals surface area contributed by atoms with Gasteiger partial charge in [0.05, 0.1) is 17.7 Å². The summed E-state index contributed by atoms with van der Waals surface area (Å²) in [7, 11) is -3.66. The molecule has 0 unspecified atom stereocenters. The number of nitrogens with zero attached hydrogens (tertiary/aromatic N) is 2. The molecule has 2 aromatic rings. The lowest BCUT2D eigenvalue weighted by Crippen LogP contribution is -2.39. The first-order chi connectivity index (χ1) is 14.5. The number of nitrogens with one attached hydrogen (secondary N) is 2. The van der Waals surface area contributed by atoms with Crippen LogP contribution in [0.3, 0.4) is 0 Å². The molecule has 0 aliphatic rings. The van der Waals surface area contributed by atoms with Gasteiger partial charge in [-0.2, -0.15) is 5.10 Å². The van der Waals surface area contributed by atoms with Gasteiger partial charge in [-0.3, -0.25) is 13.9 Å². The van der Waals surface area contributed by atoms with Crippen LogP contribution in [0.4, 0.5) is 11.4 Å². The minimum atomic E-state index is -3.66. The lowest BCUT2D eigenvalue weighted by atomic mass is 10.0. The normalized spacial score (nSPS) is 11.9. The molecule has 0 heterocycles. The van der Waals surface area contributed by atoms with Gasteiger partial charge in [0.2, 0.25) is 15.9 Å². The van der Waals surface area contributed by atoms with E-state index in [4.69, 9.17) is 0 Å². The standard InChI is InChI=1S/C22H28N4O4S/c1-15(2)18-8-12-21(13-9-18)26(31(5,29)30)14-22(28)25-24-16(3)19-6-10-20(11-7-19)23-17(4)27/h6-13,15H,14H2,1-5H3,(H,23,27)(H,25,28)/b24-16-. The van der Waals surface area contributed by atoms with E-state index in [0.717, 1.165) is 21.7 Å². The van der Waals surface area contributed by atoms with Crippen molar-refractivity contribution in [3.63, 3.8) is 0 Å². The Labute approximate surface area is 183 Å². The number of amides is 2. The number of carbonyl (C=O) groups is 2. The Morgan fingerprint density at radius 3 is 2.06 bits per heavy atom. The summed E-state index contributed by atoms with van der Waals surface area (Å²) in [5, 5.41) is 6.73. The van der Waals surface area contributed by atoms with E-state index in [1.807, 2.05) is 26.0 Å². The van der Waals surface area contributed by atoms with Gasteiger partial charge in [-0.15, -0.1) is 0 Å². The number of sulfonamides is 1. The van der Waals surface area contributed by atoms with E-state index in [9.17, 15) is 18.0 Å². The van der Waals surface area contributed by atoms with Crippen molar-refractivity contribution in [2.24, 2.45) is 5.10 Å². The molecule has 0 fully saturated rings. The van der Waals surface area contributed by atoms with Gasteiger partial charge < -0.3 is 5.32 Å². The smallest absolute Gasteiger partial charge is 0.260 e. The second kappa shape index (κ2) is 10.2. The number of rotatable bonds is 8. The number of hydrazone groups is 1. The molecule has 0 aliphatic heterocycles. The van der Waals surface area contributed by atoms with Crippen LogP contribution in [0.15, 0.2) is 53.6 Å². The summed E-state index contributed by atoms with van der Waals surface area (Å²) in [4.78, 5) is 23.5. The van der Waals surface area contributed by atoms with E-state index in [1.54, 1.807) is 43.3 Å². The van der Waals surface area contributed by atoms with Crippen molar-refractivity contribution in [3.05, 3.63) is 59.7 Å². The molecule has 31 heavy (non-hydrogen) atoms. The van der Waals surface area contributed by atoms with Gasteiger partial charge in [0.25, 0.3) is 5.91 Å². The maximum atomic E-state index is 12.4. The van der Waals surface area contributed by atoms with Gasteiger partial charge in [0, 0.05) is 12.6 Å². The topological polar surface area (TPSA) is 108 Å². The van der Waals surface area contributed by atoms with Crippen LogP contribution in [0.25, 0.3) is 0 Å². The van der Waals surface area contributed by atoms with Crippen molar-refractivity contribution in [2.75, 3.05) is 22.4 Å². The summed E-state index contributed by atoms with van der Waals surface area (Å²) in [5.74, 6) is -0.416. The summed E-state index contributed by atoms with van der Waals surface area (Å²) in [5.41, 5.74) is 5.83. The fourth-order valence-electron chi connectivity index (χ4n) is 2.80. The lowest BCUT2D eigenvalue weighted by Gasteiger charge is -2.22. The van der Waals surface area contributed by atoms with Gasteiger partial charge in [-0.05, 0) is 48.2 Å². The van der Waals surface area contributed by atoms with E-state index < -0.39 is 22.5 Å². The fourth-order valence-corrected chi connectivity index (χ4v) is 3.66. The van der Waals surface area contributed by atoms with Crippen molar-refractivity contribution < 1.29 is 18.0 Å². The van der Waals surface area contributed by atoms with Crippen LogP contribution in [-0.2, 0) is 19.6 Å². The molecule has 0 saturated carbocycles. The lowest BCUT2D eigenvalue weighted by molar-refractivity contribution is -0.119. The SMILES string of the molecule is CC(=O)Nc1ccc(/C(C)=N\NC(=O)CN(c2ccc(C(C)C)cc2)S(C)(=O)=O)cc1. The predicted octanol–water partition coefficient (Wildman–Crippen LogP) is 3.07. The minimum absolute atomic E-state index is 0.167. The fraction of sp³-hybridized carbons (Fsp3) is 0.318. The number of anilines is 2. The minimum Gasteiger partial charge on any atom is -0.326 e. The molecule has 2 aromatic carbocycles. The monoisotopic (exact) mass is 444 g/mol. The van der Waals surface area contributed by atoms with E-state index in [0.29, 0.717) is 23.0 Å². The number of benzene rings is 2. The predicted molar refractivity (Wildman–Crippen MR) is 124 cm³/mol. The average molecular weight is 445 g/mol. The second-order valence-electron chi connectivity index (χ2n) is 7.51. The molecule has 2 N–H and O–H groups in total. The Kier molecular flexibility index (Phi) is 7.93. The molecule has 2 rings (SSSR count). The summed E-state index contributed by atoms with van der Waals surface area (Å²) in [6.07, 6.45) is 1.06. The highest BCUT2D eigenvalue weighted by Crippen LogP contribution is 2.21. The van der Waals surface area contributed by atoms with Crippen molar-refractivity contribution in [1.82, 2.24) is 5.43 Å². The van der Waals surface area contributed by atoms with Crippen LogP contribution in [0.1, 0.15) is 44.7 Å². The quantitative estimate of drug-likeness (QED) is 0.482. The Balaban J connectivity index is 2.09. The van der Waals surface area contributed by atoms with Crippen LogP contribution >= 0.6 is 0 Å². The summed E-state index contributed by atoms with van der Waals surface area (Å²) in [6, 6.07) is 14.0. The molecule has 8 nitrogen and oxygen atoms in total. The van der Waals surface area contributed by atoms with Crippen LogP contribution in [0.5, 0.6) is 0 Å². The molecule has 166 valence electrons. The maximum Gasteiger partial charge on any atom is 0.260 e. The zero-order chi connectivity index (χ0) is 23.2. The Bertz CT molecular complexity index is 1060. The van der Waals surface area contributed by atoms with E-state index in [-0.39, 0.29) is 5.91 Å².